The van der Waals surface area contributed by atoms with Gasteiger partial charge >= 0.3 is 0 Å². The Labute approximate surface area is 127 Å². The molecule has 1 aliphatic rings. The second-order valence-electron chi connectivity index (χ2n) is 4.05. The third-order valence-corrected chi connectivity index (χ3v) is 4.91. The van der Waals surface area contributed by atoms with E-state index in [1.807, 2.05) is 5.32 Å². The first-order valence-electron chi connectivity index (χ1n) is 5.59. The van der Waals surface area contributed by atoms with Gasteiger partial charge in [0.25, 0.3) is 0 Å². The van der Waals surface area contributed by atoms with Crippen LogP contribution in [0.3, 0.4) is 0 Å². The average Bonchev–Trinajstić information content (AvgIpc) is 2.35. The molecule has 1 aliphatic heterocycles. The maximum absolute atomic E-state index is 12.1. The highest BCUT2D eigenvalue weighted by Crippen LogP contribution is 2.40. The van der Waals surface area contributed by atoms with Crippen LogP contribution in [0.15, 0.2) is 12.1 Å². The summed E-state index contributed by atoms with van der Waals surface area (Å²) in [5.41, 5.74) is 0.0299. The molecule has 9 heteroatoms. The van der Waals surface area contributed by atoms with Crippen LogP contribution in [-0.2, 0) is 10.2 Å². The van der Waals surface area contributed by atoms with Crippen LogP contribution in [0.25, 0.3) is 4.72 Å². The Morgan fingerprint density at radius 2 is 1.63 bits per heavy atom. The van der Waals surface area contributed by atoms with Gasteiger partial charge < -0.3 is 10.0 Å². The van der Waals surface area contributed by atoms with Gasteiger partial charge in [-0.1, -0.05) is 40.5 Å². The van der Waals surface area contributed by atoms with Crippen molar-refractivity contribution in [2.45, 2.75) is 0 Å². The Bertz CT molecular complexity index is 550. The van der Waals surface area contributed by atoms with Crippen molar-refractivity contribution in [3.05, 3.63) is 31.9 Å². The van der Waals surface area contributed by atoms with Crippen LogP contribution in [0, 0.1) is 0 Å². The van der Waals surface area contributed by atoms with Gasteiger partial charge in [-0.3, -0.25) is 0 Å². The predicted octanol–water partition coefficient (Wildman–Crippen LogP) is 1.78. The van der Waals surface area contributed by atoms with E-state index in [0.717, 1.165) is 13.1 Å². The predicted molar refractivity (Wildman–Crippen MR) is 76.6 cm³/mol. The number of quaternary nitrogens is 1. The molecule has 1 aromatic carbocycles. The molecule has 0 amide bonds. The second kappa shape index (κ2) is 6.03. The summed E-state index contributed by atoms with van der Waals surface area (Å²) in [6.07, 6.45) is 0. The quantitative estimate of drug-likeness (QED) is 0.908. The van der Waals surface area contributed by atoms with Crippen LogP contribution in [0.5, 0.6) is 0 Å². The summed E-state index contributed by atoms with van der Waals surface area (Å²) in [4.78, 5) is 0. The molecule has 1 aromatic rings. The molecule has 19 heavy (non-hydrogen) atoms. The minimum absolute atomic E-state index is 0.0299. The Morgan fingerprint density at radius 1 is 1.11 bits per heavy atom. The van der Waals surface area contributed by atoms with E-state index in [2.05, 4.69) is 4.72 Å². The van der Waals surface area contributed by atoms with Gasteiger partial charge in [0.1, 0.15) is 0 Å². The first kappa shape index (κ1) is 15.2. The van der Waals surface area contributed by atoms with Crippen molar-refractivity contribution < 1.29 is 13.7 Å². The molecular formula is C10H12Cl3N3O2S. The van der Waals surface area contributed by atoms with Crippen molar-refractivity contribution in [1.29, 1.82) is 0 Å². The third-order valence-electron chi connectivity index (χ3n) is 2.68. The first-order valence-corrected chi connectivity index (χ1v) is 8.12. The summed E-state index contributed by atoms with van der Waals surface area (Å²) in [6, 6.07) is 2.82. The molecule has 0 radical (unpaired) electrons. The highest BCUT2D eigenvalue weighted by Gasteiger charge is 2.20. The van der Waals surface area contributed by atoms with E-state index >= 15 is 0 Å². The molecule has 1 heterocycles. The Kier molecular flexibility index (Phi) is 4.81. The van der Waals surface area contributed by atoms with Gasteiger partial charge in [0.2, 0.25) is 0 Å². The van der Waals surface area contributed by atoms with Crippen LogP contribution < -0.4 is 5.32 Å². The molecule has 0 bridgehead atoms. The summed E-state index contributed by atoms with van der Waals surface area (Å²) in [6.45, 7) is 2.29. The van der Waals surface area contributed by atoms with Crippen molar-refractivity contribution in [2.75, 3.05) is 26.2 Å². The standard InChI is InChI=1S/C10H11Cl3N3O2S/c11-7-5-8(12)10(9(13)6-7)15-19(17,18)16-3-1-14-2-4-16/h5-6,14H,1-4H2/q-1/p+1. The lowest BCUT2D eigenvalue weighted by molar-refractivity contribution is -0.661. The molecule has 106 valence electrons. The fraction of sp³-hybridized carbons (Fsp3) is 0.400. The number of hydrogen-bond donors (Lipinski definition) is 1. The minimum atomic E-state index is -3.77. The fourth-order valence-electron chi connectivity index (χ4n) is 1.75. The first-order chi connectivity index (χ1) is 8.90. The molecule has 0 atom stereocenters. The molecule has 1 fully saturated rings. The molecule has 0 aliphatic carbocycles. The average molecular weight is 345 g/mol. The lowest BCUT2D eigenvalue weighted by Gasteiger charge is -2.33. The van der Waals surface area contributed by atoms with Crippen LogP contribution in [-0.4, -0.2) is 38.9 Å². The summed E-state index contributed by atoms with van der Waals surface area (Å²) in [5, 5.41) is 2.61. The zero-order valence-corrected chi connectivity index (χ0v) is 12.9. The highest BCUT2D eigenvalue weighted by molar-refractivity contribution is 7.92. The summed E-state index contributed by atoms with van der Waals surface area (Å²) >= 11 is 17.6. The van der Waals surface area contributed by atoms with Crippen molar-refractivity contribution in [3.63, 3.8) is 0 Å². The molecule has 0 unspecified atom stereocenters. The van der Waals surface area contributed by atoms with Gasteiger partial charge in [-0.05, 0) is 12.1 Å². The summed E-state index contributed by atoms with van der Waals surface area (Å²) in [7, 11) is -3.77. The van der Waals surface area contributed by atoms with Gasteiger partial charge in [0.15, 0.2) is 10.2 Å². The number of rotatable bonds is 3. The van der Waals surface area contributed by atoms with Crippen LogP contribution in [0.4, 0.5) is 5.69 Å². The fourth-order valence-corrected chi connectivity index (χ4v) is 3.97. The highest BCUT2D eigenvalue weighted by atomic mass is 35.5. The van der Waals surface area contributed by atoms with E-state index < -0.39 is 10.2 Å². The monoisotopic (exact) mass is 343 g/mol. The number of hydrogen-bond acceptors (Lipinski definition) is 2. The number of halogens is 3. The third kappa shape index (κ3) is 3.65. The molecule has 5 nitrogen and oxygen atoms in total. The molecule has 0 aromatic heterocycles. The topological polar surface area (TPSA) is 68.1 Å². The summed E-state index contributed by atoms with van der Waals surface area (Å²) in [5.74, 6) is 0. The molecule has 0 saturated carbocycles. The zero-order chi connectivity index (χ0) is 14.0. The van der Waals surface area contributed by atoms with Crippen molar-refractivity contribution in [1.82, 2.24) is 4.31 Å². The Hall–Kier alpha value is -0.240. The largest absolute Gasteiger partial charge is 0.561 e. The van der Waals surface area contributed by atoms with Gasteiger partial charge in [-0.2, -0.15) is 0 Å². The maximum Gasteiger partial charge on any atom is 0.160 e. The molecule has 0 spiro atoms. The van der Waals surface area contributed by atoms with E-state index in [0.29, 0.717) is 18.1 Å². The number of nitrogens with zero attached hydrogens (tertiary/aromatic N) is 2. The normalized spacial score (nSPS) is 17.4. The smallest absolute Gasteiger partial charge is 0.160 e. The van der Waals surface area contributed by atoms with Crippen molar-refractivity contribution in [2.24, 2.45) is 0 Å². The Balaban J connectivity index is 2.25. The SMILES string of the molecule is O=S(=O)([N-]c1c(Cl)cc(Cl)cc1Cl)N1CC[NH2+]CC1. The minimum Gasteiger partial charge on any atom is -0.561 e. The summed E-state index contributed by atoms with van der Waals surface area (Å²) < 4.78 is 29.3. The van der Waals surface area contributed by atoms with Crippen LogP contribution >= 0.6 is 34.8 Å². The molecule has 2 N–H and O–H groups in total. The van der Waals surface area contributed by atoms with Crippen LogP contribution in [0.1, 0.15) is 0 Å². The number of piperazine rings is 1. The second-order valence-corrected chi connectivity index (χ2v) is 6.90. The Morgan fingerprint density at radius 3 is 2.16 bits per heavy atom. The van der Waals surface area contributed by atoms with Gasteiger partial charge in [0.05, 0.1) is 26.2 Å². The lowest BCUT2D eigenvalue weighted by Crippen LogP contribution is -2.89. The van der Waals surface area contributed by atoms with E-state index in [1.165, 1.54) is 16.4 Å². The lowest BCUT2D eigenvalue weighted by atomic mass is 10.3. The zero-order valence-electron chi connectivity index (χ0n) is 9.81. The van der Waals surface area contributed by atoms with E-state index in [9.17, 15) is 8.42 Å². The van der Waals surface area contributed by atoms with Gasteiger partial charge in [-0.25, -0.2) is 12.7 Å². The maximum atomic E-state index is 12.1. The van der Waals surface area contributed by atoms with E-state index in [1.54, 1.807) is 0 Å². The molecular weight excluding hydrogens is 333 g/mol. The van der Waals surface area contributed by atoms with Crippen molar-refractivity contribution >= 4 is 50.7 Å². The number of benzene rings is 1. The molecule has 2 rings (SSSR count). The number of nitrogens with two attached hydrogens (primary N) is 1. The van der Waals surface area contributed by atoms with E-state index in [-0.39, 0.29) is 15.7 Å². The van der Waals surface area contributed by atoms with Crippen molar-refractivity contribution in [3.8, 4) is 0 Å². The van der Waals surface area contributed by atoms with Gasteiger partial charge in [-0.15, -0.1) is 0 Å². The van der Waals surface area contributed by atoms with Gasteiger partial charge in [0, 0.05) is 15.1 Å². The molecule has 1 saturated heterocycles. The van der Waals surface area contributed by atoms with Crippen LogP contribution in [0.2, 0.25) is 15.1 Å². The van der Waals surface area contributed by atoms with E-state index in [4.69, 9.17) is 34.8 Å².